The van der Waals surface area contributed by atoms with Gasteiger partial charge < -0.3 is 9.64 Å². The zero-order valence-corrected chi connectivity index (χ0v) is 12.8. The van der Waals surface area contributed by atoms with Gasteiger partial charge in [0.1, 0.15) is 11.9 Å². The molecule has 2 heteroatoms. The van der Waals surface area contributed by atoms with Crippen molar-refractivity contribution in [3.05, 3.63) is 29.3 Å². The lowest BCUT2D eigenvalue weighted by atomic mass is 10.0. The number of benzene rings is 1. The largest absolute Gasteiger partial charge is 0.490 e. The first-order valence-electron chi connectivity index (χ1n) is 7.48. The Bertz CT molecular complexity index is 406. The van der Waals surface area contributed by atoms with Gasteiger partial charge >= 0.3 is 0 Å². The molecule has 0 bridgehead atoms. The number of nitrogens with zero attached hydrogens (tertiary/aromatic N) is 1. The first kappa shape index (κ1) is 14.4. The zero-order chi connectivity index (χ0) is 13.8. The van der Waals surface area contributed by atoms with Gasteiger partial charge in [0.2, 0.25) is 0 Å². The maximum Gasteiger partial charge on any atom is 0.120 e. The molecule has 1 aromatic carbocycles. The lowest BCUT2D eigenvalue weighted by Crippen LogP contribution is -2.35. The molecule has 0 spiro atoms. The molecule has 1 aliphatic rings. The molecule has 106 valence electrons. The maximum atomic E-state index is 6.18. The summed E-state index contributed by atoms with van der Waals surface area (Å²) in [7, 11) is 2.18. The summed E-state index contributed by atoms with van der Waals surface area (Å²) in [5.41, 5.74) is 2.71. The number of hydrogen-bond donors (Lipinski definition) is 0. The van der Waals surface area contributed by atoms with Crippen LogP contribution in [0.2, 0.25) is 0 Å². The predicted molar refractivity (Wildman–Crippen MR) is 80.9 cm³/mol. The SMILES string of the molecule is Cc1cc(CC(C)C)cc(OC2CCN(C)CC2)c1. The Morgan fingerprint density at radius 2 is 1.89 bits per heavy atom. The molecule has 2 nitrogen and oxygen atoms in total. The Morgan fingerprint density at radius 1 is 1.21 bits per heavy atom. The topological polar surface area (TPSA) is 12.5 Å². The van der Waals surface area contributed by atoms with E-state index in [4.69, 9.17) is 4.74 Å². The number of piperidine rings is 1. The molecule has 1 fully saturated rings. The van der Waals surface area contributed by atoms with Crippen LogP contribution in [0.5, 0.6) is 5.75 Å². The van der Waals surface area contributed by atoms with Gasteiger partial charge in [0.05, 0.1) is 0 Å². The van der Waals surface area contributed by atoms with Crippen LogP contribution < -0.4 is 4.74 Å². The van der Waals surface area contributed by atoms with Gasteiger partial charge in [-0.1, -0.05) is 19.9 Å². The summed E-state index contributed by atoms with van der Waals surface area (Å²) in [5, 5.41) is 0. The van der Waals surface area contributed by atoms with E-state index in [9.17, 15) is 0 Å². The summed E-state index contributed by atoms with van der Waals surface area (Å²) in [6, 6.07) is 6.68. The van der Waals surface area contributed by atoms with Gasteiger partial charge in [-0.25, -0.2) is 0 Å². The molecule has 0 aromatic heterocycles. The molecular formula is C17H27NO. The van der Waals surface area contributed by atoms with Gasteiger partial charge in [0.25, 0.3) is 0 Å². The lowest BCUT2D eigenvalue weighted by molar-refractivity contribution is 0.114. The highest BCUT2D eigenvalue weighted by atomic mass is 16.5. The van der Waals surface area contributed by atoms with Crippen LogP contribution in [-0.2, 0) is 6.42 Å². The van der Waals surface area contributed by atoms with E-state index in [1.54, 1.807) is 0 Å². The number of rotatable bonds is 4. The monoisotopic (exact) mass is 261 g/mol. The summed E-state index contributed by atoms with van der Waals surface area (Å²) in [6.07, 6.45) is 3.81. The first-order chi connectivity index (χ1) is 9.02. The number of aryl methyl sites for hydroxylation is 1. The Morgan fingerprint density at radius 3 is 2.53 bits per heavy atom. The van der Waals surface area contributed by atoms with Gasteiger partial charge in [-0.05, 0) is 62.4 Å². The minimum atomic E-state index is 0.393. The van der Waals surface area contributed by atoms with Crippen LogP contribution in [0.3, 0.4) is 0 Å². The minimum absolute atomic E-state index is 0.393. The van der Waals surface area contributed by atoms with Gasteiger partial charge in [-0.15, -0.1) is 0 Å². The molecule has 1 aliphatic heterocycles. The number of likely N-dealkylation sites (tertiary alicyclic amines) is 1. The van der Waals surface area contributed by atoms with E-state index in [-0.39, 0.29) is 0 Å². The fourth-order valence-corrected chi connectivity index (χ4v) is 2.78. The van der Waals surface area contributed by atoms with Gasteiger partial charge in [0, 0.05) is 13.1 Å². The molecule has 0 atom stereocenters. The third kappa shape index (κ3) is 4.54. The second kappa shape index (κ2) is 6.42. The molecule has 2 rings (SSSR count). The van der Waals surface area contributed by atoms with Gasteiger partial charge in [-0.3, -0.25) is 0 Å². The Labute approximate surface area is 117 Å². The highest BCUT2D eigenvalue weighted by Crippen LogP contribution is 2.23. The highest BCUT2D eigenvalue weighted by molar-refractivity contribution is 5.34. The normalized spacial score (nSPS) is 17.9. The van der Waals surface area contributed by atoms with Crippen molar-refractivity contribution in [1.82, 2.24) is 4.90 Å². The van der Waals surface area contributed by atoms with Crippen molar-refractivity contribution in [3.8, 4) is 5.75 Å². The van der Waals surface area contributed by atoms with Crippen molar-refractivity contribution in [2.75, 3.05) is 20.1 Å². The molecule has 0 unspecified atom stereocenters. The summed E-state index contributed by atoms with van der Waals surface area (Å²) in [6.45, 7) is 8.98. The van der Waals surface area contributed by atoms with E-state index >= 15 is 0 Å². The third-order valence-corrected chi connectivity index (χ3v) is 3.72. The van der Waals surface area contributed by atoms with Gasteiger partial charge in [-0.2, -0.15) is 0 Å². The van der Waals surface area contributed by atoms with Crippen molar-refractivity contribution >= 4 is 0 Å². The average molecular weight is 261 g/mol. The molecule has 0 amide bonds. The molecule has 1 saturated heterocycles. The molecular weight excluding hydrogens is 234 g/mol. The second-order valence-corrected chi connectivity index (χ2v) is 6.37. The van der Waals surface area contributed by atoms with E-state index in [1.165, 1.54) is 11.1 Å². The fraction of sp³-hybridized carbons (Fsp3) is 0.647. The molecule has 0 radical (unpaired) electrons. The van der Waals surface area contributed by atoms with Crippen LogP contribution in [0.1, 0.15) is 37.8 Å². The zero-order valence-electron chi connectivity index (χ0n) is 12.8. The molecule has 0 aliphatic carbocycles. The molecule has 0 N–H and O–H groups in total. The van der Waals surface area contributed by atoms with Crippen LogP contribution >= 0.6 is 0 Å². The van der Waals surface area contributed by atoms with E-state index in [2.05, 4.69) is 50.9 Å². The minimum Gasteiger partial charge on any atom is -0.490 e. The average Bonchev–Trinajstić information content (AvgIpc) is 2.30. The van der Waals surface area contributed by atoms with Crippen molar-refractivity contribution in [2.24, 2.45) is 5.92 Å². The van der Waals surface area contributed by atoms with Crippen LogP contribution in [0, 0.1) is 12.8 Å². The van der Waals surface area contributed by atoms with Gasteiger partial charge in [0.15, 0.2) is 0 Å². The van der Waals surface area contributed by atoms with E-state index in [0.717, 1.165) is 38.1 Å². The summed E-state index contributed by atoms with van der Waals surface area (Å²) >= 11 is 0. The first-order valence-corrected chi connectivity index (χ1v) is 7.48. The quantitative estimate of drug-likeness (QED) is 0.820. The van der Waals surface area contributed by atoms with E-state index < -0.39 is 0 Å². The maximum absolute atomic E-state index is 6.18. The van der Waals surface area contributed by atoms with Crippen molar-refractivity contribution in [3.63, 3.8) is 0 Å². The Kier molecular flexibility index (Phi) is 4.87. The van der Waals surface area contributed by atoms with Crippen LogP contribution in [0.25, 0.3) is 0 Å². The predicted octanol–water partition coefficient (Wildman–Crippen LogP) is 3.67. The lowest BCUT2D eigenvalue weighted by Gasteiger charge is -2.29. The summed E-state index contributed by atoms with van der Waals surface area (Å²) in [5.74, 6) is 1.75. The summed E-state index contributed by atoms with van der Waals surface area (Å²) in [4.78, 5) is 2.38. The van der Waals surface area contributed by atoms with E-state index in [0.29, 0.717) is 12.0 Å². The molecule has 1 aromatic rings. The van der Waals surface area contributed by atoms with Crippen LogP contribution in [0.4, 0.5) is 0 Å². The fourth-order valence-electron chi connectivity index (χ4n) is 2.78. The summed E-state index contributed by atoms with van der Waals surface area (Å²) < 4.78 is 6.18. The van der Waals surface area contributed by atoms with Crippen molar-refractivity contribution in [2.45, 2.75) is 46.1 Å². The Balaban J connectivity index is 2.01. The molecule has 19 heavy (non-hydrogen) atoms. The van der Waals surface area contributed by atoms with Crippen LogP contribution in [-0.4, -0.2) is 31.1 Å². The number of hydrogen-bond acceptors (Lipinski definition) is 2. The third-order valence-electron chi connectivity index (χ3n) is 3.72. The van der Waals surface area contributed by atoms with Crippen molar-refractivity contribution in [1.29, 1.82) is 0 Å². The van der Waals surface area contributed by atoms with E-state index in [1.807, 2.05) is 0 Å². The number of ether oxygens (including phenoxy) is 1. The van der Waals surface area contributed by atoms with Crippen LogP contribution in [0.15, 0.2) is 18.2 Å². The van der Waals surface area contributed by atoms with Crippen molar-refractivity contribution < 1.29 is 4.74 Å². The molecule has 1 heterocycles. The Hall–Kier alpha value is -1.02. The highest BCUT2D eigenvalue weighted by Gasteiger charge is 2.18. The smallest absolute Gasteiger partial charge is 0.120 e. The standard InChI is InChI=1S/C17H27NO/c1-13(2)9-15-10-14(3)11-17(12-15)19-16-5-7-18(4)8-6-16/h10-13,16H,5-9H2,1-4H3. The second-order valence-electron chi connectivity index (χ2n) is 6.37. The molecule has 0 saturated carbocycles.